The molecule has 7 heteroatoms. The van der Waals surface area contributed by atoms with Crippen molar-refractivity contribution in [2.24, 2.45) is 0 Å². The van der Waals surface area contributed by atoms with Gasteiger partial charge in [0, 0.05) is 23.7 Å². The molecule has 5 nitrogen and oxygen atoms in total. The Balaban J connectivity index is 1.76. The molecule has 1 N–H and O–H groups in total. The van der Waals surface area contributed by atoms with Crippen LogP contribution >= 0.6 is 0 Å². The number of carbonyl (C=O) groups is 1. The second-order valence-corrected chi connectivity index (χ2v) is 7.43. The molecule has 3 rings (SSSR count). The summed E-state index contributed by atoms with van der Waals surface area (Å²) < 4.78 is 34.9. The molecule has 1 amide bonds. The number of fused-ring (bicyclic) bond motifs is 1. The molecule has 1 aliphatic heterocycles. The van der Waals surface area contributed by atoms with E-state index in [-0.39, 0.29) is 12.3 Å². The zero-order valence-corrected chi connectivity index (χ0v) is 15.6. The summed E-state index contributed by atoms with van der Waals surface area (Å²) in [6, 6.07) is 10.7. The number of ether oxygens (including phenoxy) is 1. The molecular weight excluding hydrogens is 355 g/mol. The highest BCUT2D eigenvalue weighted by Crippen LogP contribution is 2.33. The smallest absolute Gasteiger partial charge is 0.414 e. The first-order chi connectivity index (χ1) is 12.5. The number of hydrogen-bond acceptors (Lipinski definition) is 4. The first-order valence-corrected chi connectivity index (χ1v) is 9.77. The van der Waals surface area contributed by atoms with Gasteiger partial charge in [0.15, 0.2) is 5.75 Å². The van der Waals surface area contributed by atoms with Crippen LogP contribution in [0.3, 0.4) is 0 Å². The quantitative estimate of drug-likeness (QED) is 0.765. The van der Waals surface area contributed by atoms with Gasteiger partial charge < -0.3 is 9.29 Å². The number of nitrogens with zero attached hydrogens (tertiary/aromatic N) is 1. The lowest BCUT2D eigenvalue weighted by Crippen LogP contribution is -2.37. The van der Waals surface area contributed by atoms with E-state index >= 15 is 0 Å². The van der Waals surface area contributed by atoms with E-state index in [1.807, 2.05) is 38.1 Å². The Morgan fingerprint density at radius 1 is 1.31 bits per heavy atom. The summed E-state index contributed by atoms with van der Waals surface area (Å²) in [5, 5.41) is 0. The van der Waals surface area contributed by atoms with Gasteiger partial charge in [0.1, 0.15) is 12.4 Å². The maximum Gasteiger partial charge on any atom is 0.414 e. The molecule has 0 fully saturated rings. The fourth-order valence-corrected chi connectivity index (χ4v) is 3.81. The summed E-state index contributed by atoms with van der Waals surface area (Å²) in [6.07, 6.45) is 0.149. The van der Waals surface area contributed by atoms with Crippen LogP contribution in [0.2, 0.25) is 0 Å². The van der Waals surface area contributed by atoms with Crippen molar-refractivity contribution < 1.29 is 18.5 Å². The maximum atomic E-state index is 14.6. The summed E-state index contributed by atoms with van der Waals surface area (Å²) in [7, 11) is 0. The first kappa shape index (κ1) is 18.5. The zero-order valence-electron chi connectivity index (χ0n) is 14.8. The number of anilines is 2. The molecule has 1 aliphatic rings. The van der Waals surface area contributed by atoms with Gasteiger partial charge in [0.2, 0.25) is 0 Å². The third-order valence-electron chi connectivity index (χ3n) is 4.08. The van der Waals surface area contributed by atoms with Crippen molar-refractivity contribution in [3.63, 3.8) is 0 Å². The number of amides is 1. The number of carbonyl (C=O) groups excluding carboxylic acids is 1. The van der Waals surface area contributed by atoms with Crippen LogP contribution in [0.15, 0.2) is 36.4 Å². The average Bonchev–Trinajstić information content (AvgIpc) is 2.59. The lowest BCUT2D eigenvalue weighted by Gasteiger charge is -2.29. The third kappa shape index (κ3) is 4.11. The fraction of sp³-hybridized carbons (Fsp3) is 0.316. The highest BCUT2D eigenvalue weighted by Gasteiger charge is 2.29. The number of halogens is 1. The molecule has 0 radical (unpaired) electrons. The van der Waals surface area contributed by atoms with Gasteiger partial charge in [-0.15, -0.1) is 0 Å². The van der Waals surface area contributed by atoms with Crippen LogP contribution in [0.4, 0.5) is 20.6 Å². The lowest BCUT2D eigenvalue weighted by atomic mass is 10.1. The van der Waals surface area contributed by atoms with E-state index in [9.17, 15) is 13.7 Å². The van der Waals surface area contributed by atoms with Crippen LogP contribution in [0.25, 0.3) is 0 Å². The predicted octanol–water partition coefficient (Wildman–Crippen LogP) is 4.28. The van der Waals surface area contributed by atoms with Crippen LogP contribution in [0, 0.1) is 12.7 Å². The molecule has 0 saturated heterocycles. The Labute approximate surface area is 155 Å². The Morgan fingerprint density at radius 3 is 2.73 bits per heavy atom. The fourth-order valence-electron chi connectivity index (χ4n) is 2.87. The number of hydrogen-bond donors (Lipinski definition) is 1. The van der Waals surface area contributed by atoms with Gasteiger partial charge >= 0.3 is 6.09 Å². The Morgan fingerprint density at radius 2 is 2.04 bits per heavy atom. The van der Waals surface area contributed by atoms with E-state index in [0.717, 1.165) is 11.1 Å². The topological polar surface area (TPSA) is 64.6 Å². The Kier molecular flexibility index (Phi) is 5.68. The molecule has 0 aliphatic carbocycles. The van der Waals surface area contributed by atoms with Crippen molar-refractivity contribution >= 4 is 28.8 Å². The summed E-state index contributed by atoms with van der Waals surface area (Å²) >= 11 is -1.39. The van der Waals surface area contributed by atoms with E-state index in [0.29, 0.717) is 30.0 Å². The SMILES string of the molecule is CCCN1C(=O)OCc2cc(N[S+]([O-])Cc3ccc(C)cc3)cc(F)c21. The van der Waals surface area contributed by atoms with Crippen molar-refractivity contribution in [3.8, 4) is 0 Å². The molecule has 0 spiro atoms. The van der Waals surface area contributed by atoms with Crippen molar-refractivity contribution in [1.29, 1.82) is 0 Å². The molecule has 2 aromatic rings. The van der Waals surface area contributed by atoms with Crippen molar-refractivity contribution in [3.05, 3.63) is 58.9 Å². The van der Waals surface area contributed by atoms with Crippen LogP contribution < -0.4 is 9.62 Å². The number of cyclic esters (lactones) is 1. The number of nitrogens with one attached hydrogen (secondary N) is 1. The number of aryl methyl sites for hydroxylation is 1. The number of rotatable bonds is 6. The third-order valence-corrected chi connectivity index (χ3v) is 5.14. The normalized spacial score (nSPS) is 14.6. The molecular formula is C19H21FN2O3S. The summed E-state index contributed by atoms with van der Waals surface area (Å²) in [5.74, 6) is -0.210. The van der Waals surface area contributed by atoms with Gasteiger partial charge in [0.05, 0.1) is 22.7 Å². The molecule has 1 atom stereocenters. The molecule has 1 heterocycles. The molecule has 0 saturated carbocycles. The summed E-state index contributed by atoms with van der Waals surface area (Å²) in [4.78, 5) is 13.2. The monoisotopic (exact) mass is 376 g/mol. The van der Waals surface area contributed by atoms with Gasteiger partial charge in [-0.25, -0.2) is 13.9 Å². The van der Waals surface area contributed by atoms with E-state index in [1.165, 1.54) is 11.0 Å². The van der Waals surface area contributed by atoms with Gasteiger partial charge in [-0.05, 0) is 19.4 Å². The molecule has 26 heavy (non-hydrogen) atoms. The summed E-state index contributed by atoms with van der Waals surface area (Å²) in [5.41, 5.74) is 3.28. The van der Waals surface area contributed by atoms with Crippen LogP contribution in [-0.4, -0.2) is 17.2 Å². The van der Waals surface area contributed by atoms with Crippen molar-refractivity contribution in [2.75, 3.05) is 16.2 Å². The van der Waals surface area contributed by atoms with Gasteiger partial charge in [0.25, 0.3) is 0 Å². The van der Waals surface area contributed by atoms with Gasteiger partial charge in [-0.2, -0.15) is 0 Å². The van der Waals surface area contributed by atoms with Gasteiger partial charge in [-0.3, -0.25) is 4.90 Å². The largest absolute Gasteiger partial charge is 0.593 e. The second-order valence-electron chi connectivity index (χ2n) is 6.25. The zero-order chi connectivity index (χ0) is 18.7. The summed E-state index contributed by atoms with van der Waals surface area (Å²) in [6.45, 7) is 4.29. The van der Waals surface area contributed by atoms with E-state index in [1.54, 1.807) is 6.07 Å². The maximum absolute atomic E-state index is 14.6. The van der Waals surface area contributed by atoms with Gasteiger partial charge in [-0.1, -0.05) is 36.8 Å². The highest BCUT2D eigenvalue weighted by atomic mass is 32.2. The van der Waals surface area contributed by atoms with Crippen molar-refractivity contribution in [2.45, 2.75) is 32.6 Å². The van der Waals surface area contributed by atoms with Crippen molar-refractivity contribution in [1.82, 2.24) is 0 Å². The van der Waals surface area contributed by atoms with E-state index in [2.05, 4.69) is 4.72 Å². The predicted molar refractivity (Wildman–Crippen MR) is 101 cm³/mol. The van der Waals surface area contributed by atoms with Crippen LogP contribution in [-0.2, 0) is 28.5 Å². The standard InChI is InChI=1S/C19H21FN2O3S/c1-3-8-22-18-15(11-25-19(22)23)9-16(10-17(18)20)21-26(24)12-14-6-4-13(2)5-7-14/h4-7,9-10,21H,3,8,11-12H2,1-2H3. The van der Waals surface area contributed by atoms with Crippen LogP contribution in [0.1, 0.15) is 30.0 Å². The Bertz CT molecular complexity index is 798. The average molecular weight is 376 g/mol. The molecule has 138 valence electrons. The minimum absolute atomic E-state index is 0.00537. The van der Waals surface area contributed by atoms with Crippen LogP contribution in [0.5, 0.6) is 0 Å². The lowest BCUT2D eigenvalue weighted by molar-refractivity contribution is 0.141. The second kappa shape index (κ2) is 7.97. The minimum Gasteiger partial charge on any atom is -0.593 e. The first-order valence-electron chi connectivity index (χ1n) is 8.45. The molecule has 0 aromatic heterocycles. The highest BCUT2D eigenvalue weighted by molar-refractivity contribution is 7.91. The molecule has 0 bridgehead atoms. The van der Waals surface area contributed by atoms with E-state index in [4.69, 9.17) is 4.74 Å². The molecule has 2 aromatic carbocycles. The van der Waals surface area contributed by atoms with E-state index < -0.39 is 23.3 Å². The molecule has 1 unspecified atom stereocenters. The minimum atomic E-state index is -1.39. The number of benzene rings is 2. The Hall–Kier alpha value is -2.25.